The molecule has 9 heteroatoms. The number of carbonyl (C=O) groups excluding carboxylic acids is 2. The van der Waals surface area contributed by atoms with Crippen molar-refractivity contribution in [3.05, 3.63) is 95.0 Å². The fourth-order valence-electron chi connectivity index (χ4n) is 3.84. The van der Waals surface area contributed by atoms with E-state index < -0.39 is 28.5 Å². The van der Waals surface area contributed by atoms with E-state index in [0.717, 1.165) is 21.9 Å². The van der Waals surface area contributed by atoms with E-state index in [4.69, 9.17) is 11.6 Å². The molecule has 0 fully saturated rings. The zero-order valence-electron chi connectivity index (χ0n) is 22.1. The predicted molar refractivity (Wildman–Crippen MR) is 152 cm³/mol. The van der Waals surface area contributed by atoms with E-state index >= 15 is 0 Å². The molecule has 2 amide bonds. The number of anilines is 1. The van der Waals surface area contributed by atoms with E-state index in [1.807, 2.05) is 26.8 Å². The molecule has 0 heterocycles. The van der Waals surface area contributed by atoms with Gasteiger partial charge in [0.15, 0.2) is 0 Å². The van der Waals surface area contributed by atoms with Crippen LogP contribution in [0.25, 0.3) is 0 Å². The molecule has 7 nitrogen and oxygen atoms in total. The fourth-order valence-corrected chi connectivity index (χ4v) is 5.49. The Kier molecular flexibility index (Phi) is 9.94. The molecule has 0 aliphatic carbocycles. The topological polar surface area (TPSA) is 86.8 Å². The Labute approximate surface area is 230 Å². The minimum absolute atomic E-state index is 0.0670. The zero-order valence-corrected chi connectivity index (χ0v) is 23.7. The average Bonchev–Trinajstić information content (AvgIpc) is 2.90. The van der Waals surface area contributed by atoms with Gasteiger partial charge in [0.25, 0.3) is 10.0 Å². The number of hydrogen-bond donors (Lipinski definition) is 1. The molecule has 202 valence electrons. The van der Waals surface area contributed by atoms with Gasteiger partial charge in [0, 0.05) is 17.6 Å². The molecule has 0 saturated carbocycles. The second-order valence-corrected chi connectivity index (χ2v) is 11.6. The fraction of sp³-hybridized carbons (Fsp3) is 0.310. The van der Waals surface area contributed by atoms with Crippen LogP contribution in [0.15, 0.2) is 83.8 Å². The smallest absolute Gasteiger partial charge is 0.264 e. The summed E-state index contributed by atoms with van der Waals surface area (Å²) in [6.45, 7) is 6.98. The van der Waals surface area contributed by atoms with Crippen molar-refractivity contribution in [2.45, 2.75) is 57.6 Å². The summed E-state index contributed by atoms with van der Waals surface area (Å²) in [6, 6.07) is 21.0. The molecular weight excluding hydrogens is 522 g/mol. The maximum atomic E-state index is 13.9. The lowest BCUT2D eigenvalue weighted by atomic mass is 10.1. The molecule has 38 heavy (non-hydrogen) atoms. The van der Waals surface area contributed by atoms with Crippen LogP contribution < -0.4 is 9.62 Å². The molecule has 0 radical (unpaired) electrons. The molecule has 0 aromatic heterocycles. The van der Waals surface area contributed by atoms with Crippen molar-refractivity contribution in [1.82, 2.24) is 10.2 Å². The average molecular weight is 556 g/mol. The quantitative estimate of drug-likeness (QED) is 0.353. The van der Waals surface area contributed by atoms with Crippen molar-refractivity contribution >= 4 is 39.1 Å². The second kappa shape index (κ2) is 12.9. The number of sulfonamides is 1. The lowest BCUT2D eigenvalue weighted by Gasteiger charge is -2.32. The van der Waals surface area contributed by atoms with E-state index in [9.17, 15) is 18.0 Å². The Bertz CT molecular complexity index is 1350. The number of rotatable bonds is 11. The van der Waals surface area contributed by atoms with E-state index in [0.29, 0.717) is 10.7 Å². The van der Waals surface area contributed by atoms with E-state index in [-0.39, 0.29) is 23.4 Å². The molecule has 2 atom stereocenters. The summed E-state index contributed by atoms with van der Waals surface area (Å²) < 4.78 is 28.5. The summed E-state index contributed by atoms with van der Waals surface area (Å²) in [4.78, 5) is 28.4. The van der Waals surface area contributed by atoms with Gasteiger partial charge in [-0.3, -0.25) is 13.9 Å². The summed E-state index contributed by atoms with van der Waals surface area (Å²) in [7, 11) is -4.08. The summed E-state index contributed by atoms with van der Waals surface area (Å²) in [5.74, 6) is -0.834. The van der Waals surface area contributed by atoms with Gasteiger partial charge >= 0.3 is 0 Å². The Morgan fingerprint density at radius 3 is 2.21 bits per heavy atom. The lowest BCUT2D eigenvalue weighted by molar-refractivity contribution is -0.139. The van der Waals surface area contributed by atoms with Gasteiger partial charge < -0.3 is 10.2 Å². The van der Waals surface area contributed by atoms with E-state index in [1.165, 1.54) is 17.0 Å². The molecule has 0 aliphatic rings. The predicted octanol–water partition coefficient (Wildman–Crippen LogP) is 5.18. The van der Waals surface area contributed by atoms with Crippen LogP contribution in [0.1, 0.15) is 38.3 Å². The SMILES string of the molecule is CC[C@@H](C)NC(=O)[C@H](C)N(Cc1cccc(Cl)c1)C(=O)CN(c1ccc(C)cc1)S(=O)(=O)c1ccccc1. The normalized spacial score (nSPS) is 12.9. The zero-order chi connectivity index (χ0) is 27.9. The molecule has 0 unspecified atom stereocenters. The summed E-state index contributed by atoms with van der Waals surface area (Å²) in [6.07, 6.45) is 0.733. The van der Waals surface area contributed by atoms with Gasteiger partial charge in [-0.05, 0) is 69.2 Å². The summed E-state index contributed by atoms with van der Waals surface area (Å²) >= 11 is 6.17. The summed E-state index contributed by atoms with van der Waals surface area (Å²) in [5.41, 5.74) is 2.03. The lowest BCUT2D eigenvalue weighted by Crippen LogP contribution is -2.52. The first-order valence-electron chi connectivity index (χ1n) is 12.5. The minimum atomic E-state index is -4.08. The third kappa shape index (κ3) is 7.36. The van der Waals surface area contributed by atoms with Crippen LogP contribution in [0, 0.1) is 6.92 Å². The number of aryl methyl sites for hydroxylation is 1. The van der Waals surface area contributed by atoms with Crippen LogP contribution in [0.5, 0.6) is 0 Å². The molecule has 0 bridgehead atoms. The molecule has 3 rings (SSSR count). The first-order valence-corrected chi connectivity index (χ1v) is 14.3. The van der Waals surface area contributed by atoms with Crippen molar-refractivity contribution in [3.8, 4) is 0 Å². The monoisotopic (exact) mass is 555 g/mol. The van der Waals surface area contributed by atoms with Gasteiger partial charge in [-0.15, -0.1) is 0 Å². The van der Waals surface area contributed by atoms with Crippen LogP contribution in [0.4, 0.5) is 5.69 Å². The maximum Gasteiger partial charge on any atom is 0.264 e. The third-order valence-corrected chi connectivity index (χ3v) is 8.37. The number of nitrogens with zero attached hydrogens (tertiary/aromatic N) is 2. The van der Waals surface area contributed by atoms with Gasteiger partial charge in [-0.1, -0.05) is 66.6 Å². The maximum absolute atomic E-state index is 13.9. The van der Waals surface area contributed by atoms with Gasteiger partial charge in [0.05, 0.1) is 10.6 Å². The van der Waals surface area contributed by atoms with Crippen LogP contribution in [-0.4, -0.2) is 43.8 Å². The van der Waals surface area contributed by atoms with Crippen molar-refractivity contribution < 1.29 is 18.0 Å². The number of hydrogen-bond acceptors (Lipinski definition) is 4. The second-order valence-electron chi connectivity index (χ2n) is 9.31. The molecule has 0 aliphatic heterocycles. The first kappa shape index (κ1) is 29.2. The van der Waals surface area contributed by atoms with Crippen LogP contribution in [-0.2, 0) is 26.2 Å². The molecule has 0 saturated heterocycles. The molecule has 3 aromatic rings. The Morgan fingerprint density at radius 2 is 1.61 bits per heavy atom. The largest absolute Gasteiger partial charge is 0.352 e. The Balaban J connectivity index is 2.01. The van der Waals surface area contributed by atoms with Crippen molar-refractivity contribution in [3.63, 3.8) is 0 Å². The number of amides is 2. The number of halogens is 1. The van der Waals surface area contributed by atoms with E-state index in [1.54, 1.807) is 67.6 Å². The van der Waals surface area contributed by atoms with Crippen LogP contribution >= 0.6 is 11.6 Å². The van der Waals surface area contributed by atoms with E-state index in [2.05, 4.69) is 5.32 Å². The number of benzene rings is 3. The van der Waals surface area contributed by atoms with Crippen molar-refractivity contribution in [2.24, 2.45) is 0 Å². The van der Waals surface area contributed by atoms with Crippen LogP contribution in [0.3, 0.4) is 0 Å². The van der Waals surface area contributed by atoms with Gasteiger partial charge in [0.2, 0.25) is 11.8 Å². The van der Waals surface area contributed by atoms with Gasteiger partial charge in [-0.25, -0.2) is 8.42 Å². The first-order chi connectivity index (χ1) is 18.0. The Morgan fingerprint density at radius 1 is 0.947 bits per heavy atom. The Hall–Kier alpha value is -3.36. The van der Waals surface area contributed by atoms with Gasteiger partial charge in [0.1, 0.15) is 12.6 Å². The van der Waals surface area contributed by atoms with Gasteiger partial charge in [-0.2, -0.15) is 0 Å². The number of carbonyl (C=O) groups is 2. The highest BCUT2D eigenvalue weighted by Gasteiger charge is 2.32. The minimum Gasteiger partial charge on any atom is -0.352 e. The molecule has 0 spiro atoms. The molecule has 1 N–H and O–H groups in total. The third-order valence-electron chi connectivity index (χ3n) is 6.34. The highest BCUT2D eigenvalue weighted by Crippen LogP contribution is 2.25. The van der Waals surface area contributed by atoms with Crippen molar-refractivity contribution in [2.75, 3.05) is 10.8 Å². The van der Waals surface area contributed by atoms with Crippen LogP contribution in [0.2, 0.25) is 5.02 Å². The standard InChI is InChI=1S/C29H34ClN3O4S/c1-5-22(3)31-29(35)23(4)32(19-24-10-9-11-25(30)18-24)28(34)20-33(26-16-14-21(2)15-17-26)38(36,37)27-12-7-6-8-13-27/h6-18,22-23H,5,19-20H2,1-4H3,(H,31,35)/t22-,23+/m1/s1. The molecule has 3 aromatic carbocycles. The molecular formula is C29H34ClN3O4S. The summed E-state index contributed by atoms with van der Waals surface area (Å²) in [5, 5.41) is 3.42. The van der Waals surface area contributed by atoms with Crippen molar-refractivity contribution in [1.29, 1.82) is 0 Å². The highest BCUT2D eigenvalue weighted by molar-refractivity contribution is 7.92. The highest BCUT2D eigenvalue weighted by atomic mass is 35.5. The number of nitrogens with one attached hydrogen (secondary N) is 1.